The third-order valence-electron chi connectivity index (χ3n) is 7.47. The normalized spacial score (nSPS) is 18.3. The molecular weight excluding hydrogens is 629 g/mol. The van der Waals surface area contributed by atoms with E-state index < -0.39 is 12.1 Å². The summed E-state index contributed by atoms with van der Waals surface area (Å²) in [4.78, 5) is 63.8. The molecule has 14 nitrogen and oxygen atoms in total. The number of carbonyl (C=O) groups excluding carboxylic acids is 4. The first-order valence-electron chi connectivity index (χ1n) is 15.0. The highest BCUT2D eigenvalue weighted by Crippen LogP contribution is 2.27. The molecule has 4 amide bonds. The summed E-state index contributed by atoms with van der Waals surface area (Å²) in [5.74, 6) is -0.776. The van der Waals surface area contributed by atoms with E-state index in [2.05, 4.69) is 41.4 Å². The quantitative estimate of drug-likeness (QED) is 0.279. The van der Waals surface area contributed by atoms with Gasteiger partial charge in [-0.1, -0.05) is 44.2 Å². The molecule has 46 heavy (non-hydrogen) atoms. The molecule has 3 N–H and O–H groups in total. The molecule has 1 aromatic carbocycles. The van der Waals surface area contributed by atoms with E-state index in [1.807, 2.05) is 44.2 Å². The Balaban J connectivity index is 1.42. The highest BCUT2D eigenvalue weighted by molar-refractivity contribution is 7.10. The fraction of sp³-hybridized carbons (Fsp3) is 0.433. The number of aryl methyl sites for hydroxylation is 2. The summed E-state index contributed by atoms with van der Waals surface area (Å²) >= 11 is 2.59. The largest absolute Gasteiger partial charge is 0.351 e. The maximum absolute atomic E-state index is 13.5. The van der Waals surface area contributed by atoms with Crippen molar-refractivity contribution in [3.63, 3.8) is 0 Å². The molecule has 3 aromatic heterocycles. The summed E-state index contributed by atoms with van der Waals surface area (Å²) in [5, 5.41) is 24.8. The topological polar surface area (TPSA) is 177 Å². The van der Waals surface area contributed by atoms with Crippen LogP contribution in [0.5, 0.6) is 0 Å². The molecule has 5 rings (SSSR count). The van der Waals surface area contributed by atoms with E-state index in [9.17, 15) is 19.2 Å². The molecule has 0 saturated heterocycles. The number of benzene rings is 1. The average molecular weight is 665 g/mol. The van der Waals surface area contributed by atoms with Crippen molar-refractivity contribution in [2.24, 2.45) is 5.92 Å². The van der Waals surface area contributed by atoms with Gasteiger partial charge in [-0.25, -0.2) is 14.6 Å². The molecule has 4 heterocycles. The Morgan fingerprint density at radius 2 is 1.72 bits per heavy atom. The Kier molecular flexibility index (Phi) is 10.8. The molecule has 242 valence electrons. The van der Waals surface area contributed by atoms with E-state index in [1.165, 1.54) is 32.3 Å². The lowest BCUT2D eigenvalue weighted by atomic mass is 10.0. The van der Waals surface area contributed by atoms with Crippen molar-refractivity contribution in [2.75, 3.05) is 19.6 Å². The molecule has 16 heteroatoms. The molecule has 1 aliphatic heterocycles. The summed E-state index contributed by atoms with van der Waals surface area (Å²) < 4.78 is 1.53. The number of aromatic nitrogens is 6. The summed E-state index contributed by atoms with van der Waals surface area (Å²) in [6, 6.07) is 8.71. The smallest absolute Gasteiger partial charge is 0.271 e. The molecule has 2 atom stereocenters. The molecule has 1 aliphatic rings. The minimum absolute atomic E-state index is 0.00315. The third-order valence-corrected chi connectivity index (χ3v) is 9.36. The number of nitrogens with zero attached hydrogens (tertiary/aromatic N) is 7. The van der Waals surface area contributed by atoms with E-state index in [4.69, 9.17) is 0 Å². The van der Waals surface area contributed by atoms with Gasteiger partial charge in [0.1, 0.15) is 27.2 Å². The number of carbonyl (C=O) groups is 4. The van der Waals surface area contributed by atoms with Crippen LogP contribution in [0.1, 0.15) is 81.2 Å². The first kappa shape index (κ1) is 32.8. The number of amides is 4. The van der Waals surface area contributed by atoms with Crippen LogP contribution in [-0.2, 0) is 22.6 Å². The Bertz CT molecular complexity index is 1670. The summed E-state index contributed by atoms with van der Waals surface area (Å²) in [6.45, 7) is 6.25. The zero-order chi connectivity index (χ0) is 32.6. The number of nitrogens with one attached hydrogen (secondary N) is 3. The van der Waals surface area contributed by atoms with E-state index >= 15 is 0 Å². The second-order valence-corrected chi connectivity index (χ2v) is 13.1. The van der Waals surface area contributed by atoms with Gasteiger partial charge in [0.05, 0.1) is 25.2 Å². The van der Waals surface area contributed by atoms with Crippen molar-refractivity contribution in [1.82, 2.24) is 51.0 Å². The van der Waals surface area contributed by atoms with Crippen LogP contribution in [0.25, 0.3) is 0 Å². The summed E-state index contributed by atoms with van der Waals surface area (Å²) in [5.41, 5.74) is 1.45. The molecule has 0 fully saturated rings. The molecule has 0 saturated carbocycles. The van der Waals surface area contributed by atoms with Gasteiger partial charge in [0.2, 0.25) is 11.8 Å². The Labute approximate surface area is 274 Å². The van der Waals surface area contributed by atoms with Crippen LogP contribution in [0.3, 0.4) is 0 Å². The predicted octanol–water partition coefficient (Wildman–Crippen LogP) is 2.47. The minimum Gasteiger partial charge on any atom is -0.351 e. The zero-order valence-corrected chi connectivity index (χ0v) is 27.4. The first-order chi connectivity index (χ1) is 22.2. The van der Waals surface area contributed by atoms with Crippen LogP contribution < -0.4 is 16.0 Å². The monoisotopic (exact) mass is 664 g/mol. The summed E-state index contributed by atoms with van der Waals surface area (Å²) in [7, 11) is 0. The van der Waals surface area contributed by atoms with Gasteiger partial charge < -0.3 is 20.9 Å². The number of fused-ring (bicyclic) bond motifs is 4. The molecule has 4 bridgehead atoms. The lowest BCUT2D eigenvalue weighted by Crippen LogP contribution is -2.43. The van der Waals surface area contributed by atoms with Gasteiger partial charge in [-0.15, -0.1) is 27.8 Å². The molecular formula is C30H36N10O4S2. The fourth-order valence-electron chi connectivity index (χ4n) is 4.95. The van der Waals surface area contributed by atoms with Crippen LogP contribution in [0.4, 0.5) is 0 Å². The van der Waals surface area contributed by atoms with Gasteiger partial charge >= 0.3 is 0 Å². The summed E-state index contributed by atoms with van der Waals surface area (Å²) in [6.07, 6.45) is 0.943. The van der Waals surface area contributed by atoms with E-state index in [0.29, 0.717) is 28.7 Å². The van der Waals surface area contributed by atoms with Gasteiger partial charge in [-0.3, -0.25) is 19.2 Å². The van der Waals surface area contributed by atoms with E-state index in [-0.39, 0.29) is 73.5 Å². The van der Waals surface area contributed by atoms with Crippen LogP contribution in [0.15, 0.2) is 41.1 Å². The molecule has 0 unspecified atom stereocenters. The Morgan fingerprint density at radius 3 is 2.43 bits per heavy atom. The van der Waals surface area contributed by atoms with Gasteiger partial charge in [0.15, 0.2) is 0 Å². The standard InChI is InChI=1S/C30H36N10O4S2/c1-18(2)26-30-34-22(16-46-30)27(43)31-11-7-12-39(25(42)10-13-40-19(3)36-37-38-40)15-24(41)32-21(14-20-8-5-4-6-9-20)29-33-23(17-45-29)28(44)35-26/h4-6,8-9,16-18,21,26H,7,10-15H2,1-3H3,(H,31,43)(H,32,41)(H,35,44)/t21-,26-/m0/s1. The lowest BCUT2D eigenvalue weighted by Gasteiger charge is -2.24. The van der Waals surface area contributed by atoms with Crippen molar-refractivity contribution in [3.8, 4) is 0 Å². The van der Waals surface area contributed by atoms with Crippen molar-refractivity contribution in [1.29, 1.82) is 0 Å². The first-order valence-corrected chi connectivity index (χ1v) is 16.8. The average Bonchev–Trinajstić information content (AvgIpc) is 3.81. The predicted molar refractivity (Wildman–Crippen MR) is 171 cm³/mol. The number of thiazole rings is 2. The minimum atomic E-state index is -0.536. The Morgan fingerprint density at radius 1 is 1.00 bits per heavy atom. The number of hydrogen-bond acceptors (Lipinski definition) is 11. The third kappa shape index (κ3) is 8.37. The Hall–Kier alpha value is -4.57. The number of hydrogen-bond donors (Lipinski definition) is 3. The highest BCUT2D eigenvalue weighted by atomic mass is 32.1. The van der Waals surface area contributed by atoms with Crippen molar-refractivity contribution < 1.29 is 19.2 Å². The van der Waals surface area contributed by atoms with Crippen LogP contribution >= 0.6 is 22.7 Å². The zero-order valence-electron chi connectivity index (χ0n) is 25.8. The van der Waals surface area contributed by atoms with Gasteiger partial charge in [-0.05, 0) is 41.7 Å². The molecule has 0 radical (unpaired) electrons. The molecule has 0 aliphatic carbocycles. The number of rotatable bonds is 6. The second-order valence-electron chi connectivity index (χ2n) is 11.3. The van der Waals surface area contributed by atoms with Gasteiger partial charge in [-0.2, -0.15) is 0 Å². The van der Waals surface area contributed by atoms with E-state index in [0.717, 1.165) is 5.56 Å². The van der Waals surface area contributed by atoms with Crippen LogP contribution in [0.2, 0.25) is 0 Å². The maximum atomic E-state index is 13.5. The maximum Gasteiger partial charge on any atom is 0.271 e. The van der Waals surface area contributed by atoms with Crippen molar-refractivity contribution in [2.45, 2.75) is 58.7 Å². The van der Waals surface area contributed by atoms with E-state index in [1.54, 1.807) is 17.7 Å². The second kappa shape index (κ2) is 15.1. The SMILES string of the molecule is Cc1nnnn1CCC(=O)N1CCCNC(=O)c2csc(n2)[C@H](C(C)C)NC(=O)c2csc(n2)[C@H](Cc2ccccc2)NC(=O)C1. The van der Waals surface area contributed by atoms with Crippen molar-refractivity contribution in [3.05, 3.63) is 73.9 Å². The van der Waals surface area contributed by atoms with Gasteiger partial charge in [0, 0.05) is 30.3 Å². The molecule has 4 aromatic rings. The fourth-order valence-corrected chi connectivity index (χ4v) is 6.82. The molecule has 0 spiro atoms. The lowest BCUT2D eigenvalue weighted by molar-refractivity contribution is -0.136. The number of tetrazole rings is 1. The van der Waals surface area contributed by atoms with Crippen LogP contribution in [0, 0.1) is 12.8 Å². The van der Waals surface area contributed by atoms with Gasteiger partial charge in [0.25, 0.3) is 11.8 Å². The van der Waals surface area contributed by atoms with Crippen molar-refractivity contribution >= 4 is 46.3 Å². The van der Waals surface area contributed by atoms with Crippen LogP contribution in [-0.4, -0.2) is 78.3 Å². The highest BCUT2D eigenvalue weighted by Gasteiger charge is 2.27.